The van der Waals surface area contributed by atoms with Gasteiger partial charge in [-0.2, -0.15) is 5.10 Å². The molecule has 1 amide bonds. The number of rotatable bonds is 5. The summed E-state index contributed by atoms with van der Waals surface area (Å²) in [6.07, 6.45) is 6.01. The van der Waals surface area contributed by atoms with E-state index in [4.69, 9.17) is 0 Å². The Kier molecular flexibility index (Phi) is 6.32. The summed E-state index contributed by atoms with van der Waals surface area (Å²) in [5.41, 5.74) is 1.72. The van der Waals surface area contributed by atoms with Crippen molar-refractivity contribution in [2.75, 3.05) is 19.6 Å². The second-order valence-corrected chi connectivity index (χ2v) is 8.07. The van der Waals surface area contributed by atoms with E-state index in [1.165, 1.54) is 31.4 Å². The summed E-state index contributed by atoms with van der Waals surface area (Å²) in [5, 5.41) is 11.1. The molecule has 0 radical (unpaired) electrons. The number of amides is 1. The van der Waals surface area contributed by atoms with Crippen LogP contribution < -0.4 is 10.6 Å². The van der Waals surface area contributed by atoms with Crippen LogP contribution in [-0.4, -0.2) is 35.3 Å². The zero-order valence-corrected chi connectivity index (χ0v) is 15.9. The number of nitrogens with zero attached hydrogens (tertiary/aromatic N) is 2. The van der Waals surface area contributed by atoms with E-state index in [0.29, 0.717) is 17.5 Å². The standard InChI is InChI=1S/C18H30N4O.ClH/c1-18(2,3)22-16(14-6-7-14)11-15(21-22)17(23)20-10-8-13-5-4-9-19-12-13;/h11,13-14,19H,4-10,12H2,1-3H3,(H,20,23);1H. The number of halogens is 1. The summed E-state index contributed by atoms with van der Waals surface area (Å²) >= 11 is 0. The Balaban J connectivity index is 0.00000208. The highest BCUT2D eigenvalue weighted by atomic mass is 35.5. The van der Waals surface area contributed by atoms with Gasteiger partial charge < -0.3 is 10.6 Å². The highest BCUT2D eigenvalue weighted by Gasteiger charge is 2.32. The van der Waals surface area contributed by atoms with E-state index >= 15 is 0 Å². The minimum atomic E-state index is -0.0791. The average Bonchev–Trinajstić information content (AvgIpc) is 3.25. The number of aromatic nitrogens is 2. The van der Waals surface area contributed by atoms with Gasteiger partial charge >= 0.3 is 0 Å². The highest BCUT2D eigenvalue weighted by Crippen LogP contribution is 2.41. The lowest BCUT2D eigenvalue weighted by Crippen LogP contribution is -2.33. The van der Waals surface area contributed by atoms with Crippen LogP contribution in [0.25, 0.3) is 0 Å². The predicted octanol–water partition coefficient (Wildman–Crippen LogP) is 3.06. The molecule has 1 atom stereocenters. The molecule has 1 saturated carbocycles. The topological polar surface area (TPSA) is 59.0 Å². The quantitative estimate of drug-likeness (QED) is 0.854. The Morgan fingerprint density at radius 1 is 1.38 bits per heavy atom. The van der Waals surface area contributed by atoms with Crippen LogP contribution in [0.4, 0.5) is 0 Å². The third-order valence-electron chi connectivity index (χ3n) is 4.84. The Morgan fingerprint density at radius 3 is 2.71 bits per heavy atom. The maximum absolute atomic E-state index is 12.4. The first-order valence-electron chi connectivity index (χ1n) is 9.04. The Hall–Kier alpha value is -1.07. The number of hydrogen-bond acceptors (Lipinski definition) is 3. The maximum atomic E-state index is 12.4. The van der Waals surface area contributed by atoms with E-state index < -0.39 is 0 Å². The summed E-state index contributed by atoms with van der Waals surface area (Å²) in [7, 11) is 0. The number of nitrogens with one attached hydrogen (secondary N) is 2. The van der Waals surface area contributed by atoms with E-state index in [9.17, 15) is 4.79 Å². The van der Waals surface area contributed by atoms with Crippen molar-refractivity contribution in [1.82, 2.24) is 20.4 Å². The molecule has 1 saturated heterocycles. The molecule has 2 fully saturated rings. The van der Waals surface area contributed by atoms with Crippen molar-refractivity contribution >= 4 is 18.3 Å². The lowest BCUT2D eigenvalue weighted by Gasteiger charge is -2.22. The smallest absolute Gasteiger partial charge is 0.271 e. The molecule has 3 rings (SSSR count). The van der Waals surface area contributed by atoms with Gasteiger partial charge in [-0.3, -0.25) is 9.48 Å². The number of carbonyl (C=O) groups excluding carboxylic acids is 1. The van der Waals surface area contributed by atoms with Crippen molar-refractivity contribution in [3.63, 3.8) is 0 Å². The molecule has 2 aliphatic rings. The molecule has 6 heteroatoms. The zero-order valence-electron chi connectivity index (χ0n) is 15.1. The molecule has 1 aromatic rings. The summed E-state index contributed by atoms with van der Waals surface area (Å²) in [5.74, 6) is 1.26. The van der Waals surface area contributed by atoms with Gasteiger partial charge in [0.25, 0.3) is 5.91 Å². The second-order valence-electron chi connectivity index (χ2n) is 8.07. The van der Waals surface area contributed by atoms with Gasteiger partial charge in [-0.1, -0.05) is 0 Å². The van der Waals surface area contributed by atoms with Crippen LogP contribution in [0.2, 0.25) is 0 Å². The fourth-order valence-corrected chi connectivity index (χ4v) is 3.36. The Morgan fingerprint density at radius 2 is 2.12 bits per heavy atom. The fraction of sp³-hybridized carbons (Fsp3) is 0.778. The van der Waals surface area contributed by atoms with E-state index in [-0.39, 0.29) is 23.9 Å². The molecule has 0 aromatic carbocycles. The predicted molar refractivity (Wildman–Crippen MR) is 99.0 cm³/mol. The monoisotopic (exact) mass is 354 g/mol. The van der Waals surface area contributed by atoms with Crippen molar-refractivity contribution in [1.29, 1.82) is 0 Å². The van der Waals surface area contributed by atoms with Crippen LogP contribution in [0.15, 0.2) is 6.07 Å². The van der Waals surface area contributed by atoms with Crippen LogP contribution in [0.3, 0.4) is 0 Å². The Bertz CT molecular complexity index is 554. The molecular formula is C18H31ClN4O. The van der Waals surface area contributed by atoms with Crippen molar-refractivity contribution in [2.24, 2.45) is 5.92 Å². The van der Waals surface area contributed by atoms with Crippen molar-refractivity contribution in [3.8, 4) is 0 Å². The normalized spacial score (nSPS) is 21.2. The third-order valence-corrected chi connectivity index (χ3v) is 4.84. The molecule has 1 aromatic heterocycles. The van der Waals surface area contributed by atoms with Crippen LogP contribution in [0.1, 0.15) is 75.0 Å². The highest BCUT2D eigenvalue weighted by molar-refractivity contribution is 5.92. The summed E-state index contributed by atoms with van der Waals surface area (Å²) in [4.78, 5) is 12.4. The molecule has 2 N–H and O–H groups in total. The lowest BCUT2D eigenvalue weighted by atomic mass is 9.96. The van der Waals surface area contributed by atoms with Gasteiger partial charge in [-0.05, 0) is 77.9 Å². The van der Waals surface area contributed by atoms with E-state index in [1.54, 1.807) is 0 Å². The van der Waals surface area contributed by atoms with Gasteiger partial charge in [-0.25, -0.2) is 0 Å². The van der Waals surface area contributed by atoms with Crippen molar-refractivity contribution < 1.29 is 4.79 Å². The maximum Gasteiger partial charge on any atom is 0.271 e. The first-order valence-corrected chi connectivity index (χ1v) is 9.04. The summed E-state index contributed by atoms with van der Waals surface area (Å²) in [6, 6.07) is 2.00. The van der Waals surface area contributed by atoms with E-state index in [2.05, 4.69) is 36.5 Å². The van der Waals surface area contributed by atoms with Gasteiger partial charge in [0.1, 0.15) is 5.69 Å². The average molecular weight is 355 g/mol. The lowest BCUT2D eigenvalue weighted by molar-refractivity contribution is 0.0944. The molecule has 5 nitrogen and oxygen atoms in total. The molecule has 136 valence electrons. The first kappa shape index (κ1) is 19.3. The molecule has 0 bridgehead atoms. The molecule has 1 unspecified atom stereocenters. The minimum absolute atomic E-state index is 0. The van der Waals surface area contributed by atoms with E-state index in [1.807, 2.05) is 10.7 Å². The van der Waals surface area contributed by atoms with Crippen molar-refractivity contribution in [3.05, 3.63) is 17.5 Å². The van der Waals surface area contributed by atoms with Gasteiger partial charge in [0.2, 0.25) is 0 Å². The number of piperidine rings is 1. The van der Waals surface area contributed by atoms with Gasteiger partial charge in [0, 0.05) is 18.2 Å². The minimum Gasteiger partial charge on any atom is -0.351 e. The number of carbonyl (C=O) groups is 1. The van der Waals surface area contributed by atoms with Gasteiger partial charge in [-0.15, -0.1) is 12.4 Å². The first-order chi connectivity index (χ1) is 10.9. The van der Waals surface area contributed by atoms with Crippen LogP contribution in [0, 0.1) is 5.92 Å². The molecule has 0 spiro atoms. The van der Waals surface area contributed by atoms with Crippen LogP contribution in [-0.2, 0) is 5.54 Å². The zero-order chi connectivity index (χ0) is 16.4. The van der Waals surface area contributed by atoms with E-state index in [0.717, 1.165) is 26.1 Å². The molecule has 1 aliphatic carbocycles. The third kappa shape index (κ3) is 4.73. The SMILES string of the molecule is CC(C)(C)n1nc(C(=O)NCCC2CCCNC2)cc1C1CC1.Cl. The molecule has 2 heterocycles. The fourth-order valence-electron chi connectivity index (χ4n) is 3.36. The molecule has 24 heavy (non-hydrogen) atoms. The second kappa shape index (κ2) is 7.87. The molecular weight excluding hydrogens is 324 g/mol. The van der Waals surface area contributed by atoms with Gasteiger partial charge in [0.15, 0.2) is 0 Å². The summed E-state index contributed by atoms with van der Waals surface area (Å²) < 4.78 is 2.05. The number of hydrogen-bond donors (Lipinski definition) is 2. The Labute approximate surface area is 151 Å². The summed E-state index contributed by atoms with van der Waals surface area (Å²) in [6.45, 7) is 9.39. The van der Waals surface area contributed by atoms with Gasteiger partial charge in [0.05, 0.1) is 5.54 Å². The van der Waals surface area contributed by atoms with Crippen LogP contribution >= 0.6 is 12.4 Å². The molecule has 1 aliphatic heterocycles. The van der Waals surface area contributed by atoms with Crippen molar-refractivity contribution in [2.45, 2.75) is 64.3 Å². The van der Waals surface area contributed by atoms with Crippen LogP contribution in [0.5, 0.6) is 0 Å². The largest absolute Gasteiger partial charge is 0.351 e.